The molecular weight excluding hydrogens is 494 g/mol. The summed E-state index contributed by atoms with van der Waals surface area (Å²) < 4.78 is 34.8. The van der Waals surface area contributed by atoms with Crippen molar-refractivity contribution >= 4 is 27.6 Å². The van der Waals surface area contributed by atoms with Gasteiger partial charge in [-0.15, -0.1) is 0 Å². The molecule has 1 atom stereocenters. The van der Waals surface area contributed by atoms with Gasteiger partial charge < -0.3 is 26.2 Å². The van der Waals surface area contributed by atoms with E-state index < -0.39 is 21.7 Å². The highest BCUT2D eigenvalue weighted by Gasteiger charge is 2.36. The number of nitrogens with two attached hydrogens (primary N) is 1. The number of hydrogen-bond donors (Lipinski definition) is 6. The number of sulfonamides is 1. The average molecular weight is 532 g/mol. The lowest BCUT2D eigenvalue weighted by molar-refractivity contribution is -0.117. The molecule has 2 aromatic carbocycles. The van der Waals surface area contributed by atoms with Gasteiger partial charge in [0.25, 0.3) is 10.0 Å². The molecule has 0 bridgehead atoms. The number of carbonyl (C=O) groups excluding carboxylic acids is 1. The Hall–Kier alpha value is -3.15. The summed E-state index contributed by atoms with van der Waals surface area (Å²) >= 11 is 0. The molecule has 0 radical (unpaired) electrons. The molecule has 0 saturated heterocycles. The first kappa shape index (κ1) is 28.4. The Morgan fingerprint density at radius 1 is 1.16 bits per heavy atom. The molecule has 202 valence electrons. The molecule has 3 rings (SSSR count). The smallest absolute Gasteiger partial charge is 0.264 e. The average Bonchev–Trinajstić information content (AvgIpc) is 3.16. The van der Waals surface area contributed by atoms with Crippen molar-refractivity contribution in [3.05, 3.63) is 52.1 Å². The molecule has 10 nitrogen and oxygen atoms in total. The molecule has 37 heavy (non-hydrogen) atoms. The standard InChI is InChI=1S/C26H37N5O5S/c1-15-16(2)23(17(3)20-13-26(4,5)36-22(15)20)37(34,35)31-25(28)29-12-6-7-21(27)24(33)30-19-10-8-18(14-32)9-11-19/h8-11,21,32H,6-7,12-14,27H2,1-5H3,(H,30,33)(H3,28,29,31)/t21-/m0/s1. The summed E-state index contributed by atoms with van der Waals surface area (Å²) in [5.74, 6) is 0.0443. The second-order valence-electron chi connectivity index (χ2n) is 10.1. The molecule has 1 aliphatic rings. The van der Waals surface area contributed by atoms with Gasteiger partial charge in [-0.05, 0) is 81.8 Å². The van der Waals surface area contributed by atoms with E-state index in [1.54, 1.807) is 38.1 Å². The third kappa shape index (κ3) is 6.60. The molecule has 7 N–H and O–H groups in total. The number of rotatable bonds is 9. The van der Waals surface area contributed by atoms with Crippen LogP contribution in [0.4, 0.5) is 5.69 Å². The quantitative estimate of drug-likeness (QED) is 0.164. The van der Waals surface area contributed by atoms with Crippen LogP contribution in [0.25, 0.3) is 0 Å². The lowest BCUT2D eigenvalue weighted by Crippen LogP contribution is -2.41. The molecule has 0 unspecified atom stereocenters. The lowest BCUT2D eigenvalue weighted by Gasteiger charge is -2.19. The minimum absolute atomic E-state index is 0.0780. The van der Waals surface area contributed by atoms with Crippen LogP contribution in [0.5, 0.6) is 5.75 Å². The van der Waals surface area contributed by atoms with E-state index in [-0.39, 0.29) is 29.9 Å². The second kappa shape index (κ2) is 11.1. The number of ether oxygens (including phenoxy) is 1. The van der Waals surface area contributed by atoms with Crippen molar-refractivity contribution in [2.75, 3.05) is 11.9 Å². The maximum atomic E-state index is 13.2. The van der Waals surface area contributed by atoms with Crippen LogP contribution in [-0.4, -0.2) is 43.6 Å². The van der Waals surface area contributed by atoms with Crippen molar-refractivity contribution in [2.24, 2.45) is 5.73 Å². The minimum atomic E-state index is -4.01. The Labute approximate surface area is 218 Å². The summed E-state index contributed by atoms with van der Waals surface area (Å²) in [6.45, 7) is 9.49. The SMILES string of the molecule is Cc1c(C)c(S(=O)(=O)NC(=N)NCCC[C@H](N)C(=O)Nc2ccc(CO)cc2)c(C)c2c1OC(C)(C)C2. The predicted octanol–water partition coefficient (Wildman–Crippen LogP) is 2.37. The summed E-state index contributed by atoms with van der Waals surface area (Å²) in [7, 11) is -4.01. The first-order valence-electron chi connectivity index (χ1n) is 12.2. The number of amides is 1. The summed E-state index contributed by atoms with van der Waals surface area (Å²) in [6, 6.07) is 6.02. The zero-order valence-electron chi connectivity index (χ0n) is 22.0. The minimum Gasteiger partial charge on any atom is -0.487 e. The third-order valence-electron chi connectivity index (χ3n) is 6.53. The summed E-state index contributed by atoms with van der Waals surface area (Å²) in [6.07, 6.45) is 1.39. The van der Waals surface area contributed by atoms with Crippen molar-refractivity contribution in [1.29, 1.82) is 5.41 Å². The zero-order chi connectivity index (χ0) is 27.5. The van der Waals surface area contributed by atoms with Crippen LogP contribution < -0.4 is 25.8 Å². The summed E-state index contributed by atoms with van der Waals surface area (Å²) in [5.41, 5.74) is 9.77. The highest BCUT2D eigenvalue weighted by Crippen LogP contribution is 2.43. The maximum absolute atomic E-state index is 13.2. The maximum Gasteiger partial charge on any atom is 0.264 e. The number of hydrogen-bond acceptors (Lipinski definition) is 7. The number of aliphatic hydroxyl groups is 1. The molecule has 1 amide bonds. The zero-order valence-corrected chi connectivity index (χ0v) is 22.8. The van der Waals surface area contributed by atoms with Gasteiger partial charge in [0.15, 0.2) is 0 Å². The van der Waals surface area contributed by atoms with Crippen molar-refractivity contribution in [1.82, 2.24) is 10.0 Å². The highest BCUT2D eigenvalue weighted by atomic mass is 32.2. The van der Waals surface area contributed by atoms with Crippen LogP contribution in [0, 0.1) is 26.2 Å². The third-order valence-corrected chi connectivity index (χ3v) is 8.15. The van der Waals surface area contributed by atoms with E-state index in [0.29, 0.717) is 36.1 Å². The first-order chi connectivity index (χ1) is 17.3. The number of nitrogens with one attached hydrogen (secondary N) is 4. The van der Waals surface area contributed by atoms with Crippen molar-refractivity contribution in [3.63, 3.8) is 0 Å². The van der Waals surface area contributed by atoms with Gasteiger partial charge in [0.2, 0.25) is 11.9 Å². The topological polar surface area (TPSA) is 167 Å². The number of carbonyl (C=O) groups is 1. The van der Waals surface area contributed by atoms with Crippen molar-refractivity contribution in [3.8, 4) is 5.75 Å². The van der Waals surface area contributed by atoms with E-state index in [2.05, 4.69) is 15.4 Å². The fraction of sp³-hybridized carbons (Fsp3) is 0.462. The molecule has 0 spiro atoms. The van der Waals surface area contributed by atoms with E-state index in [0.717, 1.165) is 22.4 Å². The Morgan fingerprint density at radius 2 is 1.81 bits per heavy atom. The Bertz CT molecular complexity index is 1290. The van der Waals surface area contributed by atoms with Crippen LogP contribution >= 0.6 is 0 Å². The fourth-order valence-electron chi connectivity index (χ4n) is 4.46. The number of anilines is 1. The molecule has 1 aliphatic heterocycles. The monoisotopic (exact) mass is 531 g/mol. The molecule has 2 aromatic rings. The molecule has 11 heteroatoms. The first-order valence-corrected chi connectivity index (χ1v) is 13.7. The van der Waals surface area contributed by atoms with Gasteiger partial charge in [0.05, 0.1) is 17.5 Å². The number of aliphatic hydroxyl groups excluding tert-OH is 1. The van der Waals surface area contributed by atoms with Gasteiger partial charge in [0.1, 0.15) is 11.4 Å². The highest BCUT2D eigenvalue weighted by molar-refractivity contribution is 7.90. The summed E-state index contributed by atoms with van der Waals surface area (Å²) in [4.78, 5) is 12.5. The Balaban J connectivity index is 1.53. The van der Waals surface area contributed by atoms with Crippen LogP contribution in [0.15, 0.2) is 29.2 Å². The van der Waals surface area contributed by atoms with E-state index in [4.69, 9.17) is 21.0 Å². The molecule has 0 fully saturated rings. The van der Waals surface area contributed by atoms with Gasteiger partial charge >= 0.3 is 0 Å². The van der Waals surface area contributed by atoms with Crippen molar-refractivity contribution in [2.45, 2.75) is 77.0 Å². The van der Waals surface area contributed by atoms with Crippen LogP contribution in [0.1, 0.15) is 54.5 Å². The second-order valence-corrected chi connectivity index (χ2v) is 11.7. The molecular formula is C26H37N5O5S. The van der Waals surface area contributed by atoms with Gasteiger partial charge in [-0.25, -0.2) is 13.1 Å². The van der Waals surface area contributed by atoms with Gasteiger partial charge in [-0.1, -0.05) is 12.1 Å². The molecule has 1 heterocycles. The van der Waals surface area contributed by atoms with Crippen LogP contribution in [0.2, 0.25) is 0 Å². The van der Waals surface area contributed by atoms with Crippen LogP contribution in [-0.2, 0) is 27.8 Å². The van der Waals surface area contributed by atoms with E-state index >= 15 is 0 Å². The van der Waals surface area contributed by atoms with Gasteiger partial charge in [0, 0.05) is 24.2 Å². The van der Waals surface area contributed by atoms with Crippen molar-refractivity contribution < 1.29 is 23.1 Å². The molecule has 0 saturated carbocycles. The Morgan fingerprint density at radius 3 is 2.43 bits per heavy atom. The Kier molecular flexibility index (Phi) is 8.51. The van der Waals surface area contributed by atoms with E-state index in [1.807, 2.05) is 20.8 Å². The van der Waals surface area contributed by atoms with Gasteiger partial charge in [-0.2, -0.15) is 0 Å². The van der Waals surface area contributed by atoms with E-state index in [9.17, 15) is 13.2 Å². The van der Waals surface area contributed by atoms with Crippen LogP contribution in [0.3, 0.4) is 0 Å². The van der Waals surface area contributed by atoms with E-state index in [1.165, 1.54) is 0 Å². The summed E-state index contributed by atoms with van der Waals surface area (Å²) in [5, 5.41) is 22.7. The molecule has 0 aromatic heterocycles. The lowest BCUT2D eigenvalue weighted by atomic mass is 9.94. The normalized spacial score (nSPS) is 14.9. The number of benzene rings is 2. The van der Waals surface area contributed by atoms with Gasteiger partial charge in [-0.3, -0.25) is 10.2 Å². The molecule has 0 aliphatic carbocycles. The predicted molar refractivity (Wildman–Crippen MR) is 143 cm³/mol. The number of fused-ring (bicyclic) bond motifs is 1. The fourth-order valence-corrected chi connectivity index (χ4v) is 5.99. The largest absolute Gasteiger partial charge is 0.487 e. The number of guanidine groups is 1.